The lowest BCUT2D eigenvalue weighted by Crippen LogP contribution is -2.60. The molecule has 1 rings (SSSR count). The highest BCUT2D eigenvalue weighted by atomic mass is 16.7. The number of carbonyl (C=O) groups is 2. The van der Waals surface area contributed by atoms with E-state index in [9.17, 15) is 35.1 Å². The number of nitrogens with one attached hydrogen (secondary N) is 1. The van der Waals surface area contributed by atoms with Crippen LogP contribution >= 0.6 is 0 Å². The largest absolute Gasteiger partial charge is 0.466 e. The monoisotopic (exact) mass is 1070 g/mol. The molecule has 7 atom stereocenters. The van der Waals surface area contributed by atoms with Crippen molar-refractivity contribution in [2.24, 2.45) is 0 Å². The average molecular weight is 1070 g/mol. The Morgan fingerprint density at radius 3 is 1.45 bits per heavy atom. The van der Waals surface area contributed by atoms with Crippen molar-refractivity contribution in [1.82, 2.24) is 5.32 Å². The van der Waals surface area contributed by atoms with Crippen LogP contribution in [0, 0.1) is 0 Å². The summed E-state index contributed by atoms with van der Waals surface area (Å²) >= 11 is 0. The molecule has 0 aromatic rings. The molecule has 0 aromatic carbocycles. The first-order valence-electron chi connectivity index (χ1n) is 31.2. The van der Waals surface area contributed by atoms with Crippen LogP contribution in [0.2, 0.25) is 0 Å². The predicted octanol–water partition coefficient (Wildman–Crippen LogP) is 14.8. The molecule has 11 heteroatoms. The van der Waals surface area contributed by atoms with Gasteiger partial charge in [0, 0.05) is 12.8 Å². The van der Waals surface area contributed by atoms with E-state index in [0.717, 1.165) is 96.3 Å². The zero-order chi connectivity index (χ0) is 55.2. The fourth-order valence-electron chi connectivity index (χ4n) is 9.32. The van der Waals surface area contributed by atoms with Gasteiger partial charge in [0.2, 0.25) is 5.91 Å². The summed E-state index contributed by atoms with van der Waals surface area (Å²) in [7, 11) is 0. The second-order valence-electron chi connectivity index (χ2n) is 21.3. The van der Waals surface area contributed by atoms with Gasteiger partial charge in [-0.15, -0.1) is 0 Å². The normalized spacial score (nSPS) is 19.2. The molecule has 1 heterocycles. The number of hydrogen-bond acceptors (Lipinski definition) is 10. The molecule has 0 spiro atoms. The minimum atomic E-state index is -1.58. The van der Waals surface area contributed by atoms with Gasteiger partial charge in [-0.3, -0.25) is 9.59 Å². The minimum Gasteiger partial charge on any atom is -0.466 e. The first-order chi connectivity index (χ1) is 37.2. The van der Waals surface area contributed by atoms with Crippen LogP contribution in [0.1, 0.15) is 264 Å². The highest BCUT2D eigenvalue weighted by Crippen LogP contribution is 2.23. The molecule has 76 heavy (non-hydrogen) atoms. The Labute approximate surface area is 464 Å². The Balaban J connectivity index is 2.03. The molecular weight excluding hydrogens is 955 g/mol. The number of aliphatic hydroxyl groups excluding tert-OH is 5. The van der Waals surface area contributed by atoms with Crippen LogP contribution < -0.4 is 5.32 Å². The Hall–Kier alpha value is -2.90. The highest BCUT2D eigenvalue weighted by molar-refractivity contribution is 5.76. The third-order valence-corrected chi connectivity index (χ3v) is 14.3. The molecule has 0 aliphatic carbocycles. The molecule has 0 bridgehead atoms. The average Bonchev–Trinajstić information content (AvgIpc) is 3.42. The van der Waals surface area contributed by atoms with E-state index < -0.39 is 49.5 Å². The van der Waals surface area contributed by atoms with Gasteiger partial charge in [0.1, 0.15) is 24.4 Å². The minimum absolute atomic E-state index is 0.0144. The molecule has 440 valence electrons. The molecule has 0 radical (unpaired) electrons. The van der Waals surface area contributed by atoms with E-state index in [1.165, 1.54) is 135 Å². The van der Waals surface area contributed by atoms with E-state index in [0.29, 0.717) is 25.9 Å². The first kappa shape index (κ1) is 71.1. The Morgan fingerprint density at radius 2 is 0.934 bits per heavy atom. The topological polar surface area (TPSA) is 175 Å². The number of esters is 1. The van der Waals surface area contributed by atoms with Gasteiger partial charge in [-0.05, 0) is 109 Å². The number of allylic oxidation sites excluding steroid dienone is 11. The predicted molar refractivity (Wildman–Crippen MR) is 315 cm³/mol. The maximum Gasteiger partial charge on any atom is 0.305 e. The summed E-state index contributed by atoms with van der Waals surface area (Å²) in [4.78, 5) is 25.1. The van der Waals surface area contributed by atoms with E-state index >= 15 is 0 Å². The number of unbranched alkanes of at least 4 members (excludes halogenated alkanes) is 29. The number of carbonyl (C=O) groups excluding carboxylic acids is 2. The quantitative estimate of drug-likeness (QED) is 0.0195. The summed E-state index contributed by atoms with van der Waals surface area (Å²) in [5.74, 6) is -0.225. The Bertz CT molecular complexity index is 1490. The van der Waals surface area contributed by atoms with Crippen molar-refractivity contribution in [2.45, 2.75) is 307 Å². The van der Waals surface area contributed by atoms with Gasteiger partial charge in [-0.2, -0.15) is 0 Å². The summed E-state index contributed by atoms with van der Waals surface area (Å²) in [6, 6.07) is -0.843. The molecule has 1 amide bonds. The van der Waals surface area contributed by atoms with Crippen molar-refractivity contribution in [2.75, 3.05) is 19.8 Å². The van der Waals surface area contributed by atoms with E-state index in [2.05, 4.69) is 79.9 Å². The number of hydrogen-bond donors (Lipinski definition) is 6. The third kappa shape index (κ3) is 43.0. The van der Waals surface area contributed by atoms with Crippen LogP contribution in [0.3, 0.4) is 0 Å². The van der Waals surface area contributed by atoms with E-state index in [1.807, 2.05) is 6.08 Å². The van der Waals surface area contributed by atoms with Crippen molar-refractivity contribution in [3.05, 3.63) is 72.9 Å². The lowest BCUT2D eigenvalue weighted by atomic mass is 9.99. The maximum atomic E-state index is 13.0. The third-order valence-electron chi connectivity index (χ3n) is 14.3. The van der Waals surface area contributed by atoms with Gasteiger partial charge in [0.15, 0.2) is 6.29 Å². The van der Waals surface area contributed by atoms with Gasteiger partial charge in [-0.1, -0.05) is 215 Å². The summed E-state index contributed by atoms with van der Waals surface area (Å²) in [6.07, 6.45) is 61.7. The smallest absolute Gasteiger partial charge is 0.305 e. The summed E-state index contributed by atoms with van der Waals surface area (Å²) in [6.45, 7) is 4.17. The second-order valence-corrected chi connectivity index (χ2v) is 21.3. The van der Waals surface area contributed by atoms with Crippen LogP contribution in [-0.4, -0.2) is 100 Å². The molecule has 1 saturated heterocycles. The van der Waals surface area contributed by atoms with E-state index in [4.69, 9.17) is 14.2 Å². The molecule has 6 N–H and O–H groups in total. The Kier molecular flexibility index (Phi) is 50.6. The van der Waals surface area contributed by atoms with Gasteiger partial charge in [0.25, 0.3) is 0 Å². The van der Waals surface area contributed by atoms with E-state index in [-0.39, 0.29) is 18.5 Å². The molecule has 1 fully saturated rings. The number of ether oxygens (including phenoxy) is 3. The van der Waals surface area contributed by atoms with Crippen molar-refractivity contribution in [1.29, 1.82) is 0 Å². The number of rotatable bonds is 53. The lowest BCUT2D eigenvalue weighted by molar-refractivity contribution is -0.302. The van der Waals surface area contributed by atoms with Crippen LogP contribution in [0.4, 0.5) is 0 Å². The number of amides is 1. The Morgan fingerprint density at radius 1 is 0.500 bits per heavy atom. The van der Waals surface area contributed by atoms with Gasteiger partial charge >= 0.3 is 5.97 Å². The van der Waals surface area contributed by atoms with Crippen molar-refractivity contribution in [3.8, 4) is 0 Å². The maximum absolute atomic E-state index is 13.0. The standard InChI is InChI=1S/C65H115NO10/c1-3-5-7-9-11-13-15-16-26-30-33-37-41-45-49-53-61(70)74-54-50-46-42-38-34-31-28-25-23-21-19-17-18-20-22-24-27-29-32-36-40-44-48-52-60(69)66-57(56-75-65-64(73)63(72)62(71)59(55-67)76-65)58(68)51-47-43-39-35-14-12-10-8-6-4-2/h6,8,14,16-17,19-20,22,26,35,47,51,57-59,62-65,67-68,71-73H,3-5,7,9-13,15,18,21,23-25,27-34,36-46,48-50,52-56H2,1-2H3,(H,66,69)/b8-6+,19-17-,22-20-,26-16-,35-14+,51-47+. The van der Waals surface area contributed by atoms with Crippen molar-refractivity contribution < 1.29 is 49.3 Å². The summed E-state index contributed by atoms with van der Waals surface area (Å²) < 4.78 is 16.7. The SMILES string of the molecule is CC/C=C/CC/C=C/CC/C=C/C(O)C(COC1OC(CO)C(O)C(O)C1O)NC(=O)CCCCCCCCC/C=C\C/C=C\CCCCCCCCCCCOC(=O)CCCCCCC/C=C\CCCCCCCC. The fraction of sp³-hybridized carbons (Fsp3) is 0.785. The fourth-order valence-corrected chi connectivity index (χ4v) is 9.32. The van der Waals surface area contributed by atoms with Crippen LogP contribution in [0.15, 0.2) is 72.9 Å². The molecule has 1 aliphatic heterocycles. The van der Waals surface area contributed by atoms with Gasteiger partial charge in [0.05, 0.1) is 32.0 Å². The van der Waals surface area contributed by atoms with Crippen LogP contribution in [0.5, 0.6) is 0 Å². The molecule has 1 aliphatic rings. The molecular formula is C65H115NO10. The molecule has 0 aromatic heterocycles. The van der Waals surface area contributed by atoms with Crippen LogP contribution in [-0.2, 0) is 23.8 Å². The van der Waals surface area contributed by atoms with Crippen molar-refractivity contribution >= 4 is 11.9 Å². The van der Waals surface area contributed by atoms with Gasteiger partial charge in [-0.25, -0.2) is 0 Å². The number of aliphatic hydroxyl groups is 5. The highest BCUT2D eigenvalue weighted by Gasteiger charge is 2.44. The van der Waals surface area contributed by atoms with Crippen LogP contribution in [0.25, 0.3) is 0 Å². The van der Waals surface area contributed by atoms with Crippen molar-refractivity contribution in [3.63, 3.8) is 0 Å². The van der Waals surface area contributed by atoms with Gasteiger partial charge < -0.3 is 45.1 Å². The molecule has 0 saturated carbocycles. The second kappa shape index (κ2) is 54.1. The first-order valence-corrected chi connectivity index (χ1v) is 31.2. The molecule has 7 unspecified atom stereocenters. The lowest BCUT2D eigenvalue weighted by Gasteiger charge is -2.40. The van der Waals surface area contributed by atoms with E-state index in [1.54, 1.807) is 6.08 Å². The summed E-state index contributed by atoms with van der Waals surface area (Å²) in [5, 5.41) is 54.2. The molecule has 11 nitrogen and oxygen atoms in total. The zero-order valence-electron chi connectivity index (χ0n) is 48.4. The zero-order valence-corrected chi connectivity index (χ0v) is 48.4. The summed E-state index contributed by atoms with van der Waals surface area (Å²) in [5.41, 5.74) is 0.